The Balaban J connectivity index is 1.28. The first kappa shape index (κ1) is 27.3. The molecule has 2 N–H and O–H groups in total. The molecule has 0 fully saturated rings. The topological polar surface area (TPSA) is 162 Å². The summed E-state index contributed by atoms with van der Waals surface area (Å²) in [6, 6.07) is 19.9. The summed E-state index contributed by atoms with van der Waals surface area (Å²) < 4.78 is 20.7. The number of nitrogens with zero attached hydrogens (tertiary/aromatic N) is 2. The second-order valence-corrected chi connectivity index (χ2v) is 7.95. The van der Waals surface area contributed by atoms with Crippen LogP contribution in [-0.2, 0) is 19.1 Å². The van der Waals surface area contributed by atoms with E-state index in [9.17, 15) is 19.2 Å². The molecular weight excluding hydrogens is 520 g/mol. The minimum absolute atomic E-state index is 0.294. The van der Waals surface area contributed by atoms with Crippen molar-refractivity contribution in [2.24, 2.45) is 10.2 Å². The number of furan rings is 2. The van der Waals surface area contributed by atoms with Gasteiger partial charge in [0, 0.05) is 11.1 Å². The van der Waals surface area contributed by atoms with Gasteiger partial charge in [0.1, 0.15) is 23.0 Å². The smallest absolute Gasteiger partial charge is 0.337 e. The molecule has 0 unspecified atom stereocenters. The van der Waals surface area contributed by atoms with E-state index in [2.05, 4.69) is 21.1 Å². The fourth-order valence-corrected chi connectivity index (χ4v) is 3.40. The molecule has 12 nitrogen and oxygen atoms in total. The van der Waals surface area contributed by atoms with E-state index in [4.69, 9.17) is 18.3 Å². The summed E-state index contributed by atoms with van der Waals surface area (Å²) in [4.78, 5) is 47.4. The number of hydrazone groups is 2. The fourth-order valence-electron chi connectivity index (χ4n) is 3.40. The third-order valence-corrected chi connectivity index (χ3v) is 5.31. The molecule has 0 aliphatic carbocycles. The molecule has 0 aliphatic rings. The zero-order valence-corrected chi connectivity index (χ0v) is 21.2. The van der Waals surface area contributed by atoms with Crippen LogP contribution in [0.4, 0.5) is 0 Å². The standard InChI is InChI=1S/C28H22N4O8/c1-37-27(35)19-7-3-5-17(13-19)23-11-9-21(39-23)15-29-31-25(33)26(34)32-30-16-22-10-12-24(40-22)18-6-4-8-20(14-18)28(36)38-2/h3-16H,1-2H3,(H,31,33)(H,32,34)/b29-15-,30-16-. The Morgan fingerprint density at radius 2 is 1.07 bits per heavy atom. The van der Waals surface area contributed by atoms with E-state index >= 15 is 0 Å². The lowest BCUT2D eigenvalue weighted by molar-refractivity contribution is -0.139. The molecule has 2 aromatic carbocycles. The number of carbonyl (C=O) groups excluding carboxylic acids is 4. The van der Waals surface area contributed by atoms with Crippen LogP contribution in [0.25, 0.3) is 22.6 Å². The maximum absolute atomic E-state index is 12.0. The number of amides is 2. The maximum atomic E-state index is 12.0. The van der Waals surface area contributed by atoms with Crippen molar-refractivity contribution in [2.75, 3.05) is 14.2 Å². The van der Waals surface area contributed by atoms with E-state index < -0.39 is 23.8 Å². The molecular formula is C28H22N4O8. The highest BCUT2D eigenvalue weighted by molar-refractivity contribution is 6.35. The molecule has 2 amide bonds. The van der Waals surface area contributed by atoms with Crippen LogP contribution in [0, 0.1) is 0 Å². The Morgan fingerprint density at radius 1 is 0.650 bits per heavy atom. The number of hydrogen-bond donors (Lipinski definition) is 2. The minimum Gasteiger partial charge on any atom is -0.465 e. The average Bonchev–Trinajstić information content (AvgIpc) is 3.66. The molecule has 2 heterocycles. The zero-order valence-electron chi connectivity index (χ0n) is 21.2. The number of esters is 2. The van der Waals surface area contributed by atoms with Crippen molar-refractivity contribution in [1.82, 2.24) is 10.9 Å². The first-order valence-electron chi connectivity index (χ1n) is 11.6. The van der Waals surface area contributed by atoms with Gasteiger partial charge in [0.05, 0.1) is 37.8 Å². The molecule has 40 heavy (non-hydrogen) atoms. The predicted molar refractivity (Wildman–Crippen MR) is 142 cm³/mol. The quantitative estimate of drug-likeness (QED) is 0.148. The first-order chi connectivity index (χ1) is 19.4. The Morgan fingerprint density at radius 3 is 1.48 bits per heavy atom. The number of methoxy groups -OCH3 is 2. The Kier molecular flexibility index (Phi) is 8.62. The van der Waals surface area contributed by atoms with Gasteiger partial charge in [0.15, 0.2) is 0 Å². The lowest BCUT2D eigenvalue weighted by atomic mass is 10.1. The molecule has 0 saturated carbocycles. The zero-order chi connectivity index (χ0) is 28.5. The summed E-state index contributed by atoms with van der Waals surface area (Å²) in [7, 11) is 2.59. The van der Waals surface area contributed by atoms with Crippen molar-refractivity contribution in [3.8, 4) is 22.6 Å². The van der Waals surface area contributed by atoms with Crippen LogP contribution < -0.4 is 10.9 Å². The Hall–Kier alpha value is -5.78. The van der Waals surface area contributed by atoms with Gasteiger partial charge in [-0.2, -0.15) is 10.2 Å². The van der Waals surface area contributed by atoms with Crippen LogP contribution in [0.1, 0.15) is 32.2 Å². The largest absolute Gasteiger partial charge is 0.465 e. The third-order valence-electron chi connectivity index (χ3n) is 5.31. The average molecular weight is 543 g/mol. The molecule has 0 atom stereocenters. The molecule has 0 bridgehead atoms. The normalized spacial score (nSPS) is 10.9. The Bertz CT molecular complexity index is 1500. The van der Waals surface area contributed by atoms with Crippen molar-refractivity contribution in [3.63, 3.8) is 0 Å². The van der Waals surface area contributed by atoms with Gasteiger partial charge in [-0.05, 0) is 48.5 Å². The van der Waals surface area contributed by atoms with Crippen molar-refractivity contribution < 1.29 is 37.5 Å². The SMILES string of the molecule is COC(=O)c1cccc(-c2ccc(/C=N\NC(=O)C(=O)N/N=C\c3ccc(-c4cccc(C(=O)OC)c4)o3)o2)c1. The van der Waals surface area contributed by atoms with Crippen molar-refractivity contribution in [3.05, 3.63) is 95.4 Å². The van der Waals surface area contributed by atoms with Gasteiger partial charge in [-0.1, -0.05) is 24.3 Å². The fraction of sp³-hybridized carbons (Fsp3) is 0.0714. The van der Waals surface area contributed by atoms with Gasteiger partial charge >= 0.3 is 23.8 Å². The van der Waals surface area contributed by atoms with Crippen molar-refractivity contribution in [2.45, 2.75) is 0 Å². The molecule has 4 rings (SSSR count). The number of rotatable bonds is 8. The van der Waals surface area contributed by atoms with E-state index in [1.807, 2.05) is 0 Å². The van der Waals surface area contributed by atoms with Gasteiger partial charge in [0.25, 0.3) is 0 Å². The van der Waals surface area contributed by atoms with Gasteiger partial charge < -0.3 is 18.3 Å². The van der Waals surface area contributed by atoms with Crippen LogP contribution in [0.5, 0.6) is 0 Å². The first-order valence-corrected chi connectivity index (χ1v) is 11.6. The summed E-state index contributed by atoms with van der Waals surface area (Å²) in [6.07, 6.45) is 2.42. The monoisotopic (exact) mass is 542 g/mol. The maximum Gasteiger partial charge on any atom is 0.337 e. The highest BCUT2D eigenvalue weighted by Crippen LogP contribution is 2.24. The summed E-state index contributed by atoms with van der Waals surface area (Å²) in [5.74, 6) is -1.57. The van der Waals surface area contributed by atoms with E-state index in [1.54, 1.807) is 72.8 Å². The molecule has 12 heteroatoms. The summed E-state index contributed by atoms with van der Waals surface area (Å²) in [5, 5.41) is 7.40. The van der Waals surface area contributed by atoms with Gasteiger partial charge in [-0.3, -0.25) is 9.59 Å². The predicted octanol–water partition coefficient (Wildman–Crippen LogP) is 3.38. The molecule has 0 saturated heterocycles. The van der Waals surface area contributed by atoms with E-state index in [1.165, 1.54) is 26.6 Å². The summed E-state index contributed by atoms with van der Waals surface area (Å²) in [6.45, 7) is 0. The van der Waals surface area contributed by atoms with Crippen molar-refractivity contribution >= 4 is 36.2 Å². The van der Waals surface area contributed by atoms with Crippen molar-refractivity contribution in [1.29, 1.82) is 0 Å². The highest BCUT2D eigenvalue weighted by atomic mass is 16.5. The van der Waals surface area contributed by atoms with E-state index in [-0.39, 0.29) is 0 Å². The highest BCUT2D eigenvalue weighted by Gasteiger charge is 2.13. The van der Waals surface area contributed by atoms with Crippen LogP contribution in [0.15, 0.2) is 91.8 Å². The third kappa shape index (κ3) is 6.75. The van der Waals surface area contributed by atoms with Gasteiger partial charge in [-0.25, -0.2) is 20.4 Å². The molecule has 202 valence electrons. The molecule has 4 aromatic rings. The lowest BCUT2D eigenvalue weighted by Crippen LogP contribution is -2.35. The lowest BCUT2D eigenvalue weighted by Gasteiger charge is -2.01. The van der Waals surface area contributed by atoms with Crippen LogP contribution in [0.2, 0.25) is 0 Å². The number of carbonyl (C=O) groups is 4. The van der Waals surface area contributed by atoms with Crippen LogP contribution in [-0.4, -0.2) is 50.4 Å². The molecule has 2 aromatic heterocycles. The minimum atomic E-state index is -1.06. The van der Waals surface area contributed by atoms with Crippen LogP contribution >= 0.6 is 0 Å². The van der Waals surface area contributed by atoms with Gasteiger partial charge in [0.2, 0.25) is 0 Å². The second kappa shape index (κ2) is 12.6. The van der Waals surface area contributed by atoms with E-state index in [0.29, 0.717) is 45.3 Å². The molecule has 0 aliphatic heterocycles. The molecule has 0 radical (unpaired) electrons. The molecule has 0 spiro atoms. The summed E-state index contributed by atoms with van der Waals surface area (Å²) >= 11 is 0. The number of nitrogens with one attached hydrogen (secondary N) is 2. The number of hydrogen-bond acceptors (Lipinski definition) is 10. The van der Waals surface area contributed by atoms with E-state index in [0.717, 1.165) is 0 Å². The number of benzene rings is 2. The Labute approximate surface area is 227 Å². The number of ether oxygens (including phenoxy) is 2. The second-order valence-electron chi connectivity index (χ2n) is 7.95. The van der Waals surface area contributed by atoms with Gasteiger partial charge in [-0.15, -0.1) is 0 Å². The van der Waals surface area contributed by atoms with Crippen LogP contribution in [0.3, 0.4) is 0 Å². The summed E-state index contributed by atoms with van der Waals surface area (Å²) in [5.41, 5.74) is 6.15.